The summed E-state index contributed by atoms with van der Waals surface area (Å²) in [6, 6.07) is 5.89. The minimum absolute atomic E-state index is 0.219. The molecule has 0 radical (unpaired) electrons. The fraction of sp³-hybridized carbons (Fsp3) is 0.500. The van der Waals surface area contributed by atoms with E-state index in [1.54, 1.807) is 20.0 Å². The van der Waals surface area contributed by atoms with Crippen molar-refractivity contribution in [1.82, 2.24) is 15.2 Å². The third kappa shape index (κ3) is 3.24. The Balaban J connectivity index is 1.66. The molecule has 0 saturated carbocycles. The minimum atomic E-state index is -3.00. The molecule has 6 nitrogen and oxygen atoms in total. The summed E-state index contributed by atoms with van der Waals surface area (Å²) < 4.78 is 24.5. The zero-order valence-electron chi connectivity index (χ0n) is 13.4. The first-order valence-electron chi connectivity index (χ1n) is 7.92. The first-order valence-corrected chi connectivity index (χ1v) is 9.53. The highest BCUT2D eigenvalue weighted by atomic mass is 32.2. The van der Waals surface area contributed by atoms with E-state index in [1.165, 1.54) is 0 Å². The molecule has 0 aromatic carbocycles. The molecule has 124 valence electrons. The standard InChI is InChI=1S/C16H22N4O2S/c1-12(2)23(21,22)14-6-9-20(10-7-14)16-4-3-13(11-17-16)15-5-8-18-19-15/h3-5,8,11-12,14H,6-7,9-10H2,1-2H3,(H,18,19). The van der Waals surface area contributed by atoms with Gasteiger partial charge in [0.25, 0.3) is 0 Å². The van der Waals surface area contributed by atoms with Crippen molar-refractivity contribution in [2.75, 3.05) is 18.0 Å². The van der Waals surface area contributed by atoms with Crippen LogP contribution < -0.4 is 4.90 Å². The number of anilines is 1. The van der Waals surface area contributed by atoms with Crippen molar-refractivity contribution in [2.45, 2.75) is 37.2 Å². The number of aromatic amines is 1. The van der Waals surface area contributed by atoms with E-state index in [9.17, 15) is 8.42 Å². The molecule has 3 heterocycles. The molecule has 1 N–H and O–H groups in total. The Bertz CT molecular complexity index is 731. The molecule has 3 rings (SSSR count). The third-order valence-electron chi connectivity index (χ3n) is 4.45. The van der Waals surface area contributed by atoms with Crippen LogP contribution >= 0.6 is 0 Å². The lowest BCUT2D eigenvalue weighted by Gasteiger charge is -2.33. The van der Waals surface area contributed by atoms with Gasteiger partial charge in [-0.2, -0.15) is 5.10 Å². The molecule has 23 heavy (non-hydrogen) atoms. The summed E-state index contributed by atoms with van der Waals surface area (Å²) in [5, 5.41) is 6.33. The van der Waals surface area contributed by atoms with E-state index in [2.05, 4.69) is 20.1 Å². The lowest BCUT2D eigenvalue weighted by Crippen LogP contribution is -2.41. The maximum Gasteiger partial charge on any atom is 0.155 e. The van der Waals surface area contributed by atoms with Crippen LogP contribution in [0.2, 0.25) is 0 Å². The van der Waals surface area contributed by atoms with Gasteiger partial charge in [-0.05, 0) is 44.9 Å². The van der Waals surface area contributed by atoms with Crippen molar-refractivity contribution in [3.05, 3.63) is 30.6 Å². The molecule has 1 aliphatic heterocycles. The van der Waals surface area contributed by atoms with Crippen LogP contribution in [0.4, 0.5) is 5.82 Å². The molecule has 2 aromatic rings. The highest BCUT2D eigenvalue weighted by Gasteiger charge is 2.32. The van der Waals surface area contributed by atoms with Crippen LogP contribution in [0.3, 0.4) is 0 Å². The predicted octanol–water partition coefficient (Wildman–Crippen LogP) is 2.26. The summed E-state index contributed by atoms with van der Waals surface area (Å²) >= 11 is 0. The molecule has 1 fully saturated rings. The monoisotopic (exact) mass is 334 g/mol. The molecular weight excluding hydrogens is 312 g/mol. The number of piperidine rings is 1. The van der Waals surface area contributed by atoms with E-state index in [0.29, 0.717) is 12.8 Å². The summed E-state index contributed by atoms with van der Waals surface area (Å²) in [6.07, 6.45) is 4.87. The van der Waals surface area contributed by atoms with E-state index in [0.717, 1.165) is 30.2 Å². The van der Waals surface area contributed by atoms with Crippen molar-refractivity contribution in [3.8, 4) is 11.3 Å². The smallest absolute Gasteiger partial charge is 0.155 e. The van der Waals surface area contributed by atoms with E-state index in [1.807, 2.05) is 24.4 Å². The Morgan fingerprint density at radius 3 is 2.48 bits per heavy atom. The second-order valence-corrected chi connectivity index (χ2v) is 8.99. The zero-order chi connectivity index (χ0) is 16.4. The molecule has 2 aromatic heterocycles. The van der Waals surface area contributed by atoms with Crippen molar-refractivity contribution < 1.29 is 8.42 Å². The summed E-state index contributed by atoms with van der Waals surface area (Å²) in [7, 11) is -3.00. The Kier molecular flexibility index (Phi) is 4.39. The predicted molar refractivity (Wildman–Crippen MR) is 91.1 cm³/mol. The van der Waals surface area contributed by atoms with Crippen LogP contribution in [-0.2, 0) is 9.84 Å². The van der Waals surface area contributed by atoms with Gasteiger partial charge in [-0.25, -0.2) is 13.4 Å². The van der Waals surface area contributed by atoms with Crippen molar-refractivity contribution in [1.29, 1.82) is 0 Å². The Hall–Kier alpha value is -1.89. The SMILES string of the molecule is CC(C)S(=O)(=O)C1CCN(c2ccc(-c3ccn[nH]3)cn2)CC1. The number of rotatable bonds is 4. The first-order chi connectivity index (χ1) is 11.0. The average molecular weight is 334 g/mol. The van der Waals surface area contributed by atoms with Gasteiger partial charge in [-0.1, -0.05) is 0 Å². The van der Waals surface area contributed by atoms with Gasteiger partial charge in [-0.3, -0.25) is 5.10 Å². The third-order valence-corrected chi connectivity index (χ3v) is 7.16. The molecule has 0 amide bonds. The molecule has 1 saturated heterocycles. The van der Waals surface area contributed by atoms with Crippen LogP contribution in [0.15, 0.2) is 30.6 Å². The lowest BCUT2D eigenvalue weighted by atomic mass is 10.1. The van der Waals surface area contributed by atoms with Gasteiger partial charge in [0, 0.05) is 31.0 Å². The van der Waals surface area contributed by atoms with Gasteiger partial charge in [0.2, 0.25) is 0 Å². The number of hydrogen-bond acceptors (Lipinski definition) is 5. The maximum absolute atomic E-state index is 12.3. The zero-order valence-corrected chi connectivity index (χ0v) is 14.3. The number of sulfone groups is 1. The summed E-state index contributed by atoms with van der Waals surface area (Å²) in [4.78, 5) is 6.67. The van der Waals surface area contributed by atoms with Gasteiger partial charge in [0.1, 0.15) is 5.82 Å². The number of pyridine rings is 1. The van der Waals surface area contributed by atoms with Gasteiger partial charge < -0.3 is 4.90 Å². The van der Waals surface area contributed by atoms with E-state index in [-0.39, 0.29) is 10.5 Å². The quantitative estimate of drug-likeness (QED) is 0.928. The van der Waals surface area contributed by atoms with Crippen molar-refractivity contribution in [3.63, 3.8) is 0 Å². The van der Waals surface area contributed by atoms with Crippen LogP contribution in [0.25, 0.3) is 11.3 Å². The Morgan fingerprint density at radius 1 is 1.22 bits per heavy atom. The van der Waals surface area contributed by atoms with Crippen LogP contribution in [0, 0.1) is 0 Å². The van der Waals surface area contributed by atoms with E-state index in [4.69, 9.17) is 0 Å². The largest absolute Gasteiger partial charge is 0.357 e. The minimum Gasteiger partial charge on any atom is -0.357 e. The number of hydrogen-bond donors (Lipinski definition) is 1. The van der Waals surface area contributed by atoms with Gasteiger partial charge in [0.15, 0.2) is 9.84 Å². The fourth-order valence-electron chi connectivity index (χ4n) is 2.95. The number of nitrogens with one attached hydrogen (secondary N) is 1. The van der Waals surface area contributed by atoms with Gasteiger partial charge in [-0.15, -0.1) is 0 Å². The molecule has 0 spiro atoms. The topological polar surface area (TPSA) is 79.0 Å². The second kappa shape index (κ2) is 6.31. The fourth-order valence-corrected chi connectivity index (χ4v) is 4.59. The summed E-state index contributed by atoms with van der Waals surface area (Å²) in [5.74, 6) is 0.897. The number of nitrogens with zero attached hydrogens (tertiary/aromatic N) is 3. The molecule has 7 heteroatoms. The first kappa shape index (κ1) is 16.0. The molecule has 0 atom stereocenters. The average Bonchev–Trinajstić information content (AvgIpc) is 3.09. The van der Waals surface area contributed by atoms with Crippen LogP contribution in [-0.4, -0.2) is 47.2 Å². The highest BCUT2D eigenvalue weighted by molar-refractivity contribution is 7.92. The normalized spacial score (nSPS) is 16.9. The van der Waals surface area contributed by atoms with Gasteiger partial charge >= 0.3 is 0 Å². The molecule has 0 unspecified atom stereocenters. The number of H-pyrrole nitrogens is 1. The van der Waals surface area contributed by atoms with Crippen molar-refractivity contribution in [2.24, 2.45) is 0 Å². The second-order valence-electron chi connectivity index (χ2n) is 6.20. The number of aromatic nitrogens is 3. The lowest BCUT2D eigenvalue weighted by molar-refractivity contribution is 0.522. The van der Waals surface area contributed by atoms with Crippen molar-refractivity contribution >= 4 is 15.7 Å². The maximum atomic E-state index is 12.3. The highest BCUT2D eigenvalue weighted by Crippen LogP contribution is 2.25. The molecular formula is C16H22N4O2S. The van der Waals surface area contributed by atoms with Gasteiger partial charge in [0.05, 0.1) is 16.2 Å². The summed E-state index contributed by atoms with van der Waals surface area (Å²) in [5.41, 5.74) is 1.93. The van der Waals surface area contributed by atoms with Crippen LogP contribution in [0.1, 0.15) is 26.7 Å². The van der Waals surface area contributed by atoms with E-state index >= 15 is 0 Å². The molecule has 0 bridgehead atoms. The van der Waals surface area contributed by atoms with E-state index < -0.39 is 9.84 Å². The Labute approximate surface area is 136 Å². The molecule has 0 aliphatic carbocycles. The summed E-state index contributed by atoms with van der Waals surface area (Å²) in [6.45, 7) is 4.98. The molecule has 1 aliphatic rings. The Morgan fingerprint density at radius 2 is 1.96 bits per heavy atom. The van der Waals surface area contributed by atoms with Crippen LogP contribution in [0.5, 0.6) is 0 Å².